The van der Waals surface area contributed by atoms with E-state index in [9.17, 15) is 4.79 Å². The molecule has 19 heavy (non-hydrogen) atoms. The van der Waals surface area contributed by atoms with Gasteiger partial charge in [0.1, 0.15) is 0 Å². The summed E-state index contributed by atoms with van der Waals surface area (Å²) < 4.78 is 0. The summed E-state index contributed by atoms with van der Waals surface area (Å²) in [4.78, 5) is 15.8. The molecule has 1 unspecified atom stereocenters. The molecule has 0 aliphatic rings. The Balaban J connectivity index is 2.27. The van der Waals surface area contributed by atoms with Crippen LogP contribution in [0.2, 0.25) is 0 Å². The highest BCUT2D eigenvalue weighted by Crippen LogP contribution is 2.20. The van der Waals surface area contributed by atoms with Crippen molar-refractivity contribution >= 4 is 5.91 Å². The lowest BCUT2D eigenvalue weighted by Crippen LogP contribution is -2.24. The Morgan fingerprint density at radius 3 is 2.79 bits per heavy atom. The first-order chi connectivity index (χ1) is 9.13. The van der Waals surface area contributed by atoms with Crippen LogP contribution in [0.1, 0.15) is 38.7 Å². The molecule has 1 heterocycles. The average Bonchev–Trinajstić information content (AvgIpc) is 2.42. The fraction of sp³-hybridized carbons (Fsp3) is 0.600. The summed E-state index contributed by atoms with van der Waals surface area (Å²) in [5.74, 6) is 1.22. The summed E-state index contributed by atoms with van der Waals surface area (Å²) in [5, 5.41) is 2.93. The number of pyridine rings is 1. The Morgan fingerprint density at radius 2 is 2.21 bits per heavy atom. The molecule has 4 nitrogen and oxygen atoms in total. The van der Waals surface area contributed by atoms with Gasteiger partial charge < -0.3 is 11.1 Å². The number of aromatic nitrogens is 1. The molecule has 0 spiro atoms. The van der Waals surface area contributed by atoms with Crippen molar-refractivity contribution in [2.45, 2.75) is 39.7 Å². The smallest absolute Gasteiger partial charge is 0.220 e. The van der Waals surface area contributed by atoms with Crippen LogP contribution in [0.3, 0.4) is 0 Å². The minimum atomic E-state index is 0.103. The third-order valence-electron chi connectivity index (χ3n) is 3.43. The van der Waals surface area contributed by atoms with Gasteiger partial charge in [-0.2, -0.15) is 0 Å². The third kappa shape index (κ3) is 6.34. The van der Waals surface area contributed by atoms with Crippen molar-refractivity contribution in [2.24, 2.45) is 17.6 Å². The molecule has 0 saturated heterocycles. The predicted molar refractivity (Wildman–Crippen MR) is 77.3 cm³/mol. The number of amides is 1. The van der Waals surface area contributed by atoms with E-state index < -0.39 is 0 Å². The maximum Gasteiger partial charge on any atom is 0.220 e. The highest BCUT2D eigenvalue weighted by Gasteiger charge is 2.14. The predicted octanol–water partition coefficient (Wildman–Crippen LogP) is 2.10. The van der Waals surface area contributed by atoms with Gasteiger partial charge in [-0.3, -0.25) is 9.78 Å². The molecule has 0 aromatic carbocycles. The van der Waals surface area contributed by atoms with E-state index in [2.05, 4.69) is 24.1 Å². The van der Waals surface area contributed by atoms with E-state index in [4.69, 9.17) is 5.73 Å². The van der Waals surface area contributed by atoms with Crippen LogP contribution in [0.25, 0.3) is 0 Å². The van der Waals surface area contributed by atoms with Gasteiger partial charge in [0.15, 0.2) is 0 Å². The first kappa shape index (κ1) is 15.6. The van der Waals surface area contributed by atoms with Gasteiger partial charge in [-0.1, -0.05) is 19.9 Å². The number of nitrogens with one attached hydrogen (secondary N) is 1. The number of nitrogens with two attached hydrogens (primary N) is 1. The van der Waals surface area contributed by atoms with Crippen LogP contribution in [0.4, 0.5) is 0 Å². The Kier molecular flexibility index (Phi) is 7.11. The number of hydrogen-bond donors (Lipinski definition) is 2. The largest absolute Gasteiger partial charge is 0.352 e. The van der Waals surface area contributed by atoms with Crippen LogP contribution < -0.4 is 11.1 Å². The third-order valence-corrected chi connectivity index (χ3v) is 3.43. The van der Waals surface area contributed by atoms with E-state index in [1.165, 1.54) is 0 Å². The molecule has 106 valence electrons. The molecule has 1 aromatic rings. The molecule has 3 N–H and O–H groups in total. The number of nitrogens with zero attached hydrogens (tertiary/aromatic N) is 1. The lowest BCUT2D eigenvalue weighted by atomic mass is 9.88. The molecule has 1 aromatic heterocycles. The number of carbonyl (C=O) groups excluding carboxylic acids is 1. The van der Waals surface area contributed by atoms with Crippen molar-refractivity contribution in [3.63, 3.8) is 0 Å². The molecule has 0 radical (unpaired) electrons. The van der Waals surface area contributed by atoms with E-state index in [-0.39, 0.29) is 5.91 Å². The molecular formula is C15H25N3O. The fourth-order valence-electron chi connectivity index (χ4n) is 2.13. The van der Waals surface area contributed by atoms with Gasteiger partial charge in [0.25, 0.3) is 0 Å². The summed E-state index contributed by atoms with van der Waals surface area (Å²) >= 11 is 0. The van der Waals surface area contributed by atoms with Gasteiger partial charge in [0.2, 0.25) is 5.91 Å². The molecular weight excluding hydrogens is 238 g/mol. The molecule has 0 aliphatic heterocycles. The van der Waals surface area contributed by atoms with Crippen molar-refractivity contribution in [3.05, 3.63) is 30.1 Å². The summed E-state index contributed by atoms with van der Waals surface area (Å²) in [5.41, 5.74) is 6.63. The Bertz CT molecular complexity index is 365. The van der Waals surface area contributed by atoms with Crippen LogP contribution in [-0.4, -0.2) is 17.4 Å². The van der Waals surface area contributed by atoms with Crippen molar-refractivity contribution in [3.8, 4) is 0 Å². The lowest BCUT2D eigenvalue weighted by Gasteiger charge is -2.19. The summed E-state index contributed by atoms with van der Waals surface area (Å²) in [6.45, 7) is 5.62. The van der Waals surface area contributed by atoms with E-state index in [0.29, 0.717) is 31.3 Å². The zero-order chi connectivity index (χ0) is 14.1. The highest BCUT2D eigenvalue weighted by molar-refractivity contribution is 5.75. The lowest BCUT2D eigenvalue weighted by molar-refractivity contribution is -0.121. The molecule has 0 bridgehead atoms. The summed E-state index contributed by atoms with van der Waals surface area (Å²) in [6, 6.07) is 3.83. The number of hydrogen-bond acceptors (Lipinski definition) is 3. The second-order valence-electron chi connectivity index (χ2n) is 5.26. The molecule has 0 aliphatic carbocycles. The standard InChI is InChI=1S/C15H25N3O/c1-12(2)14(7-8-16)5-6-15(19)18-11-13-4-3-9-17-10-13/h3-4,9-10,12,14H,5-8,11,16H2,1-2H3,(H,18,19). The van der Waals surface area contributed by atoms with E-state index >= 15 is 0 Å². The molecule has 4 heteroatoms. The van der Waals surface area contributed by atoms with Gasteiger partial charge in [-0.15, -0.1) is 0 Å². The monoisotopic (exact) mass is 263 g/mol. The molecule has 0 fully saturated rings. The van der Waals surface area contributed by atoms with E-state index in [0.717, 1.165) is 18.4 Å². The van der Waals surface area contributed by atoms with Gasteiger partial charge in [0.05, 0.1) is 0 Å². The highest BCUT2D eigenvalue weighted by atomic mass is 16.1. The number of rotatable bonds is 8. The normalized spacial score (nSPS) is 12.4. The zero-order valence-corrected chi connectivity index (χ0v) is 11.9. The minimum Gasteiger partial charge on any atom is -0.352 e. The second-order valence-corrected chi connectivity index (χ2v) is 5.26. The van der Waals surface area contributed by atoms with Crippen molar-refractivity contribution < 1.29 is 4.79 Å². The van der Waals surface area contributed by atoms with Crippen LogP contribution >= 0.6 is 0 Å². The Morgan fingerprint density at radius 1 is 1.42 bits per heavy atom. The first-order valence-corrected chi connectivity index (χ1v) is 6.99. The molecule has 1 amide bonds. The van der Waals surface area contributed by atoms with Gasteiger partial charge in [-0.05, 0) is 42.9 Å². The molecule has 1 rings (SSSR count). The molecule has 0 saturated carbocycles. The van der Waals surface area contributed by atoms with Crippen LogP contribution in [0, 0.1) is 11.8 Å². The van der Waals surface area contributed by atoms with E-state index in [1.54, 1.807) is 12.4 Å². The maximum absolute atomic E-state index is 11.8. The fourth-order valence-corrected chi connectivity index (χ4v) is 2.13. The minimum absolute atomic E-state index is 0.103. The van der Waals surface area contributed by atoms with Crippen LogP contribution in [0.5, 0.6) is 0 Å². The van der Waals surface area contributed by atoms with Gasteiger partial charge >= 0.3 is 0 Å². The van der Waals surface area contributed by atoms with E-state index in [1.807, 2.05) is 12.1 Å². The summed E-state index contributed by atoms with van der Waals surface area (Å²) in [7, 11) is 0. The maximum atomic E-state index is 11.8. The summed E-state index contributed by atoms with van der Waals surface area (Å²) in [6.07, 6.45) is 5.97. The quantitative estimate of drug-likeness (QED) is 0.754. The van der Waals surface area contributed by atoms with Crippen LogP contribution in [-0.2, 0) is 11.3 Å². The van der Waals surface area contributed by atoms with Gasteiger partial charge in [0, 0.05) is 25.4 Å². The number of carbonyl (C=O) groups is 1. The second kappa shape index (κ2) is 8.64. The Labute approximate surface area is 115 Å². The SMILES string of the molecule is CC(C)C(CCN)CCC(=O)NCc1cccnc1. The van der Waals surface area contributed by atoms with Gasteiger partial charge in [-0.25, -0.2) is 0 Å². The van der Waals surface area contributed by atoms with Crippen LogP contribution in [0.15, 0.2) is 24.5 Å². The van der Waals surface area contributed by atoms with Crippen molar-refractivity contribution in [1.82, 2.24) is 10.3 Å². The Hall–Kier alpha value is -1.42. The zero-order valence-electron chi connectivity index (χ0n) is 11.9. The van der Waals surface area contributed by atoms with Crippen molar-refractivity contribution in [2.75, 3.05) is 6.54 Å². The topological polar surface area (TPSA) is 68.0 Å². The average molecular weight is 263 g/mol. The van der Waals surface area contributed by atoms with Crippen molar-refractivity contribution in [1.29, 1.82) is 0 Å². The molecule has 1 atom stereocenters. The first-order valence-electron chi connectivity index (χ1n) is 6.99.